The van der Waals surface area contributed by atoms with Crippen LogP contribution in [0.15, 0.2) is 71.9 Å². The zero-order valence-corrected chi connectivity index (χ0v) is 16.5. The number of fused-ring (bicyclic) bond motifs is 1. The van der Waals surface area contributed by atoms with Gasteiger partial charge >= 0.3 is 0 Å². The second kappa shape index (κ2) is 8.54. The highest BCUT2D eigenvalue weighted by Gasteiger charge is 2.18. The molecule has 0 aliphatic carbocycles. The van der Waals surface area contributed by atoms with Crippen LogP contribution in [0.1, 0.15) is 5.56 Å². The van der Waals surface area contributed by atoms with E-state index in [9.17, 15) is 8.42 Å². The Labute approximate surface area is 166 Å². The second-order valence-corrected chi connectivity index (χ2v) is 7.80. The van der Waals surface area contributed by atoms with Crippen LogP contribution in [-0.2, 0) is 10.7 Å². The molecule has 2 heterocycles. The van der Waals surface area contributed by atoms with E-state index in [1.165, 1.54) is 5.56 Å². The summed E-state index contributed by atoms with van der Waals surface area (Å²) in [5.74, 6) is 0. The lowest BCUT2D eigenvalue weighted by molar-refractivity contribution is 0.284. The maximum absolute atomic E-state index is 11.5. The molecule has 0 amide bonds. The third-order valence-corrected chi connectivity index (χ3v) is 5.82. The average Bonchev–Trinajstić information content (AvgIpc) is 2.74. The molecule has 0 atom stereocenters. The summed E-state index contributed by atoms with van der Waals surface area (Å²) in [5.41, 5.74) is 2.30. The average molecular weight is 394 g/mol. The Morgan fingerprint density at radius 3 is 2.43 bits per heavy atom. The largest absolute Gasteiger partial charge is 0.368 e. The van der Waals surface area contributed by atoms with Gasteiger partial charge in [-0.2, -0.15) is 0 Å². The number of hydrogen-bond acceptors (Lipinski definition) is 5. The van der Waals surface area contributed by atoms with E-state index in [0.717, 1.165) is 43.8 Å². The molecule has 0 spiro atoms. The Kier molecular flexibility index (Phi) is 5.69. The lowest BCUT2D eigenvalue weighted by Gasteiger charge is -2.36. The van der Waals surface area contributed by atoms with E-state index in [4.69, 9.17) is 0 Å². The molecular weight excluding hydrogens is 370 g/mol. The Balaban J connectivity index is 1.44. The minimum absolute atomic E-state index is 0.152. The van der Waals surface area contributed by atoms with E-state index in [2.05, 4.69) is 45.1 Å². The molecule has 28 heavy (non-hydrogen) atoms. The monoisotopic (exact) mass is 393 g/mol. The second-order valence-electron chi connectivity index (χ2n) is 6.86. The molecule has 1 aliphatic heterocycles. The van der Waals surface area contributed by atoms with Crippen molar-refractivity contribution in [3.63, 3.8) is 0 Å². The lowest BCUT2D eigenvalue weighted by atomic mass is 10.1. The van der Waals surface area contributed by atoms with Crippen LogP contribution in [0.4, 0.5) is 5.69 Å². The van der Waals surface area contributed by atoms with Gasteiger partial charge in [0, 0.05) is 55.4 Å². The number of thiol groups is 1. The molecule has 0 unspecified atom stereocenters. The fourth-order valence-electron chi connectivity index (χ4n) is 3.67. The summed E-state index contributed by atoms with van der Waals surface area (Å²) in [6.07, 6.45) is 5.96. The van der Waals surface area contributed by atoms with E-state index in [-0.39, 0.29) is 5.03 Å². The van der Waals surface area contributed by atoms with Crippen LogP contribution in [0.5, 0.6) is 0 Å². The maximum atomic E-state index is 11.5. The quantitative estimate of drug-likeness (QED) is 0.676. The first-order valence-electron chi connectivity index (χ1n) is 9.43. The Morgan fingerprint density at radius 2 is 1.68 bits per heavy atom. The highest BCUT2D eigenvalue weighted by atomic mass is 32.2. The van der Waals surface area contributed by atoms with Gasteiger partial charge in [0.1, 0.15) is 0 Å². The van der Waals surface area contributed by atoms with Crippen molar-refractivity contribution >= 4 is 33.2 Å². The first kappa shape index (κ1) is 18.7. The topological polar surface area (TPSA) is 53.5 Å². The molecule has 0 saturated carbocycles. The van der Waals surface area contributed by atoms with Crippen molar-refractivity contribution in [2.24, 2.45) is 0 Å². The molecular formula is C22H23N3O2S. The predicted molar refractivity (Wildman–Crippen MR) is 114 cm³/mol. The van der Waals surface area contributed by atoms with Crippen LogP contribution in [0.2, 0.25) is 0 Å². The summed E-state index contributed by atoms with van der Waals surface area (Å²) < 4.78 is 23.0. The van der Waals surface area contributed by atoms with Gasteiger partial charge < -0.3 is 4.90 Å². The molecule has 1 aromatic heterocycles. The summed E-state index contributed by atoms with van der Waals surface area (Å²) in [7, 11) is -2.70. The number of aromatic nitrogens is 1. The van der Waals surface area contributed by atoms with Crippen LogP contribution >= 0.6 is 0 Å². The minimum Gasteiger partial charge on any atom is -0.368 e. The summed E-state index contributed by atoms with van der Waals surface area (Å²) in [6.45, 7) is 4.72. The van der Waals surface area contributed by atoms with Crippen LogP contribution in [-0.4, -0.2) is 51.0 Å². The molecule has 144 valence electrons. The highest BCUT2D eigenvalue weighted by Crippen LogP contribution is 2.29. The summed E-state index contributed by atoms with van der Waals surface area (Å²) in [5, 5.41) is 1.80. The number of hydrogen-bond donors (Lipinski definition) is 1. The Morgan fingerprint density at radius 1 is 0.893 bits per heavy atom. The van der Waals surface area contributed by atoms with Crippen molar-refractivity contribution in [3.8, 4) is 0 Å². The van der Waals surface area contributed by atoms with Crippen molar-refractivity contribution in [3.05, 3.63) is 72.4 Å². The fraction of sp³-hybridized carbons (Fsp3) is 0.227. The van der Waals surface area contributed by atoms with Gasteiger partial charge in [-0.05, 0) is 17.7 Å². The number of piperazine rings is 1. The highest BCUT2D eigenvalue weighted by molar-refractivity contribution is 7.72. The van der Waals surface area contributed by atoms with E-state index in [1.54, 1.807) is 6.20 Å². The van der Waals surface area contributed by atoms with Crippen molar-refractivity contribution in [1.29, 1.82) is 0 Å². The molecule has 1 fully saturated rings. The first-order chi connectivity index (χ1) is 13.7. The molecule has 1 saturated heterocycles. The summed E-state index contributed by atoms with van der Waals surface area (Å²) >= 11 is 0. The Bertz CT molecular complexity index is 1050. The standard InChI is InChI=1S/C22H23N3O2S/c26-28(27)22-20-9-4-10-21(19(20)11-12-23-22)25-16-14-24(15-17-25)13-5-8-18-6-2-1-3-7-18/h1-12,28H,13-17H2/b8-5+. The Hall–Kier alpha value is -2.70. The number of pyridine rings is 1. The van der Waals surface area contributed by atoms with Crippen molar-refractivity contribution in [1.82, 2.24) is 9.88 Å². The van der Waals surface area contributed by atoms with Crippen molar-refractivity contribution in [2.75, 3.05) is 37.6 Å². The maximum Gasteiger partial charge on any atom is 0.186 e. The zero-order chi connectivity index (χ0) is 19.3. The molecule has 4 rings (SSSR count). The van der Waals surface area contributed by atoms with Gasteiger partial charge in [0.15, 0.2) is 15.7 Å². The molecule has 0 radical (unpaired) electrons. The van der Waals surface area contributed by atoms with Crippen LogP contribution < -0.4 is 4.90 Å². The van der Waals surface area contributed by atoms with E-state index < -0.39 is 10.7 Å². The number of rotatable bonds is 5. The van der Waals surface area contributed by atoms with Crippen molar-refractivity contribution < 1.29 is 8.42 Å². The van der Waals surface area contributed by atoms with Gasteiger partial charge in [0.25, 0.3) is 0 Å². The third-order valence-electron chi connectivity index (χ3n) is 5.12. The number of nitrogens with zero attached hydrogens (tertiary/aromatic N) is 3. The molecule has 5 nitrogen and oxygen atoms in total. The normalized spacial score (nSPS) is 15.7. The van der Waals surface area contributed by atoms with Crippen LogP contribution in [0.3, 0.4) is 0 Å². The zero-order valence-electron chi connectivity index (χ0n) is 15.6. The molecule has 6 heteroatoms. The van der Waals surface area contributed by atoms with Gasteiger partial charge in [0.05, 0.1) is 0 Å². The predicted octanol–water partition coefficient (Wildman–Crippen LogP) is 3.04. The molecule has 3 aromatic rings. The number of anilines is 1. The minimum atomic E-state index is -2.70. The van der Waals surface area contributed by atoms with Crippen LogP contribution in [0, 0.1) is 0 Å². The third kappa shape index (κ3) is 4.08. The first-order valence-corrected chi connectivity index (χ1v) is 10.6. The van der Waals surface area contributed by atoms with Crippen LogP contribution in [0.25, 0.3) is 16.8 Å². The van der Waals surface area contributed by atoms with Gasteiger partial charge in [-0.3, -0.25) is 4.90 Å². The molecule has 0 bridgehead atoms. The van der Waals surface area contributed by atoms with Gasteiger partial charge in [0.2, 0.25) is 0 Å². The summed E-state index contributed by atoms with van der Waals surface area (Å²) in [4.78, 5) is 8.80. The SMILES string of the molecule is O=[SH](=O)c1nccc2c(N3CCN(C/C=C/c4ccccc4)CC3)cccc12. The van der Waals surface area contributed by atoms with E-state index in [0.29, 0.717) is 5.39 Å². The lowest BCUT2D eigenvalue weighted by Crippen LogP contribution is -2.46. The molecule has 0 N–H and O–H groups in total. The van der Waals surface area contributed by atoms with Crippen molar-refractivity contribution in [2.45, 2.75) is 5.03 Å². The van der Waals surface area contributed by atoms with Gasteiger partial charge in [-0.15, -0.1) is 0 Å². The summed E-state index contributed by atoms with van der Waals surface area (Å²) in [6, 6.07) is 18.0. The fourth-order valence-corrected chi connectivity index (χ4v) is 4.22. The smallest absolute Gasteiger partial charge is 0.186 e. The molecule has 2 aromatic carbocycles. The van der Waals surface area contributed by atoms with E-state index in [1.807, 2.05) is 36.4 Å². The van der Waals surface area contributed by atoms with Gasteiger partial charge in [-0.1, -0.05) is 54.6 Å². The molecule has 1 aliphatic rings. The number of benzene rings is 2. The van der Waals surface area contributed by atoms with Gasteiger partial charge in [-0.25, -0.2) is 13.4 Å². The van der Waals surface area contributed by atoms with E-state index >= 15 is 0 Å².